The van der Waals surface area contributed by atoms with Crippen molar-refractivity contribution in [1.29, 1.82) is 0 Å². The second-order valence-electron chi connectivity index (χ2n) is 6.18. The number of benzene rings is 1. The lowest BCUT2D eigenvalue weighted by molar-refractivity contribution is -0.134. The topological polar surface area (TPSA) is 23.6 Å². The predicted molar refractivity (Wildman–Crippen MR) is 84.2 cm³/mol. The van der Waals surface area contributed by atoms with Crippen LogP contribution < -0.4 is 4.90 Å². The smallest absolute Gasteiger partial charge is 0.225 e. The molecule has 1 aliphatic rings. The molecule has 0 aromatic heterocycles. The van der Waals surface area contributed by atoms with E-state index in [1.165, 1.54) is 11.3 Å². The minimum Gasteiger partial charge on any atom is -0.368 e. The van der Waals surface area contributed by atoms with Crippen LogP contribution in [0.15, 0.2) is 24.3 Å². The largest absolute Gasteiger partial charge is 0.368 e. The Labute approximate surface area is 122 Å². The molecule has 1 aromatic carbocycles. The van der Waals surface area contributed by atoms with E-state index >= 15 is 0 Å². The molecule has 2 rings (SSSR count). The molecule has 1 heterocycles. The van der Waals surface area contributed by atoms with Crippen molar-refractivity contribution in [3.63, 3.8) is 0 Å². The van der Waals surface area contributed by atoms with Crippen molar-refractivity contribution in [3.05, 3.63) is 29.8 Å². The molecule has 0 unspecified atom stereocenters. The zero-order valence-electron chi connectivity index (χ0n) is 13.1. The number of carbonyl (C=O) groups is 1. The molecule has 1 aromatic rings. The van der Waals surface area contributed by atoms with Crippen molar-refractivity contribution in [1.82, 2.24) is 4.90 Å². The van der Waals surface area contributed by atoms with Crippen LogP contribution in [-0.4, -0.2) is 37.0 Å². The molecule has 1 aliphatic heterocycles. The molecule has 20 heavy (non-hydrogen) atoms. The second-order valence-corrected chi connectivity index (χ2v) is 6.18. The normalized spacial score (nSPS) is 16.1. The van der Waals surface area contributed by atoms with Gasteiger partial charge in [0, 0.05) is 37.8 Å². The number of para-hydroxylation sites is 1. The Morgan fingerprint density at radius 1 is 1.00 bits per heavy atom. The van der Waals surface area contributed by atoms with Gasteiger partial charge in [0.05, 0.1) is 0 Å². The van der Waals surface area contributed by atoms with Gasteiger partial charge in [-0.3, -0.25) is 4.79 Å². The van der Waals surface area contributed by atoms with Crippen molar-refractivity contribution >= 4 is 11.6 Å². The summed E-state index contributed by atoms with van der Waals surface area (Å²) in [5.41, 5.74) is 2.73. The van der Waals surface area contributed by atoms with Crippen molar-refractivity contribution in [3.8, 4) is 0 Å². The van der Waals surface area contributed by atoms with Gasteiger partial charge in [-0.15, -0.1) is 0 Å². The molecule has 3 heteroatoms. The first kappa shape index (κ1) is 14.9. The molecule has 0 saturated carbocycles. The van der Waals surface area contributed by atoms with Gasteiger partial charge in [0.2, 0.25) is 5.91 Å². The van der Waals surface area contributed by atoms with Gasteiger partial charge in [0.1, 0.15) is 0 Å². The molecule has 0 N–H and O–H groups in total. The number of hydrogen-bond acceptors (Lipinski definition) is 2. The summed E-state index contributed by atoms with van der Waals surface area (Å²) in [7, 11) is 0. The lowest BCUT2D eigenvalue weighted by Gasteiger charge is -2.38. The summed E-state index contributed by atoms with van der Waals surface area (Å²) in [6, 6.07) is 8.63. The summed E-state index contributed by atoms with van der Waals surface area (Å²) in [5, 5.41) is 0. The van der Waals surface area contributed by atoms with E-state index in [2.05, 4.69) is 43.0 Å². The lowest BCUT2D eigenvalue weighted by atomic mass is 10.00. The average molecular weight is 274 g/mol. The van der Waals surface area contributed by atoms with E-state index in [1.54, 1.807) is 0 Å². The maximum Gasteiger partial charge on any atom is 0.225 e. The first-order valence-electron chi connectivity index (χ1n) is 7.63. The maximum absolute atomic E-state index is 12.0. The quantitative estimate of drug-likeness (QED) is 0.845. The van der Waals surface area contributed by atoms with Crippen molar-refractivity contribution in [2.24, 2.45) is 5.92 Å². The van der Waals surface area contributed by atoms with Gasteiger partial charge in [0.15, 0.2) is 0 Å². The molecule has 1 amide bonds. The molecule has 0 bridgehead atoms. The first-order valence-corrected chi connectivity index (χ1v) is 7.63. The second kappa shape index (κ2) is 6.29. The Balaban J connectivity index is 2.06. The fraction of sp³-hybridized carbons (Fsp3) is 0.588. The average Bonchev–Trinajstić information content (AvgIpc) is 2.46. The number of nitrogens with zero attached hydrogens (tertiary/aromatic N) is 2. The van der Waals surface area contributed by atoms with Gasteiger partial charge >= 0.3 is 0 Å². The molecule has 0 radical (unpaired) electrons. The molecular weight excluding hydrogens is 248 g/mol. The van der Waals surface area contributed by atoms with Crippen LogP contribution in [-0.2, 0) is 4.79 Å². The summed E-state index contributed by atoms with van der Waals surface area (Å²) in [4.78, 5) is 16.4. The van der Waals surface area contributed by atoms with Gasteiger partial charge in [-0.1, -0.05) is 45.9 Å². The van der Waals surface area contributed by atoms with Gasteiger partial charge in [0.25, 0.3) is 0 Å². The van der Waals surface area contributed by atoms with Gasteiger partial charge < -0.3 is 9.80 Å². The predicted octanol–water partition coefficient (Wildman–Crippen LogP) is 3.11. The molecule has 1 fully saturated rings. The lowest BCUT2D eigenvalue weighted by Crippen LogP contribution is -2.50. The Morgan fingerprint density at radius 3 is 2.15 bits per heavy atom. The molecular formula is C17H26N2O. The van der Waals surface area contributed by atoms with Crippen LogP contribution in [0.5, 0.6) is 0 Å². The van der Waals surface area contributed by atoms with Crippen LogP contribution in [0.3, 0.4) is 0 Å². The number of piperazine rings is 1. The third kappa shape index (κ3) is 3.14. The fourth-order valence-electron chi connectivity index (χ4n) is 2.80. The molecule has 0 spiro atoms. The van der Waals surface area contributed by atoms with E-state index in [-0.39, 0.29) is 11.8 Å². The number of hydrogen-bond donors (Lipinski definition) is 0. The highest BCUT2D eigenvalue weighted by Gasteiger charge is 2.24. The van der Waals surface area contributed by atoms with Crippen LogP contribution in [0.2, 0.25) is 0 Å². The number of carbonyl (C=O) groups excluding carboxylic acids is 1. The van der Waals surface area contributed by atoms with Gasteiger partial charge in [-0.2, -0.15) is 0 Å². The Kier molecular flexibility index (Phi) is 4.69. The number of anilines is 1. The zero-order valence-corrected chi connectivity index (χ0v) is 13.1. The van der Waals surface area contributed by atoms with Gasteiger partial charge in [-0.25, -0.2) is 0 Å². The minimum absolute atomic E-state index is 0.101. The standard InChI is InChI=1S/C17H26N2O/c1-13(2)15-7-5-6-8-16(15)18-9-11-19(12-10-18)17(20)14(3)4/h5-8,13-14H,9-12H2,1-4H3. The van der Waals surface area contributed by atoms with Crippen LogP contribution in [0, 0.1) is 5.92 Å². The van der Waals surface area contributed by atoms with Crippen molar-refractivity contribution < 1.29 is 4.79 Å². The Morgan fingerprint density at radius 2 is 1.60 bits per heavy atom. The highest BCUT2D eigenvalue weighted by Crippen LogP contribution is 2.28. The van der Waals surface area contributed by atoms with E-state index < -0.39 is 0 Å². The third-order valence-corrected chi connectivity index (χ3v) is 3.98. The van der Waals surface area contributed by atoms with E-state index in [9.17, 15) is 4.79 Å². The summed E-state index contributed by atoms with van der Waals surface area (Å²) in [5.74, 6) is 0.910. The van der Waals surface area contributed by atoms with Crippen LogP contribution in [0.25, 0.3) is 0 Å². The monoisotopic (exact) mass is 274 g/mol. The van der Waals surface area contributed by atoms with Crippen LogP contribution in [0.4, 0.5) is 5.69 Å². The summed E-state index contributed by atoms with van der Waals surface area (Å²) < 4.78 is 0. The highest BCUT2D eigenvalue weighted by atomic mass is 16.2. The Hall–Kier alpha value is -1.51. The summed E-state index contributed by atoms with van der Waals surface area (Å²) in [6.07, 6.45) is 0. The number of rotatable bonds is 3. The van der Waals surface area contributed by atoms with E-state index in [1.807, 2.05) is 18.7 Å². The molecule has 0 aliphatic carbocycles. The summed E-state index contributed by atoms with van der Waals surface area (Å²) >= 11 is 0. The van der Waals surface area contributed by atoms with Crippen molar-refractivity contribution in [2.45, 2.75) is 33.6 Å². The third-order valence-electron chi connectivity index (χ3n) is 3.98. The molecule has 110 valence electrons. The van der Waals surface area contributed by atoms with E-state index in [0.717, 1.165) is 26.2 Å². The first-order chi connectivity index (χ1) is 9.50. The van der Waals surface area contributed by atoms with Crippen LogP contribution >= 0.6 is 0 Å². The van der Waals surface area contributed by atoms with E-state index in [4.69, 9.17) is 0 Å². The van der Waals surface area contributed by atoms with E-state index in [0.29, 0.717) is 5.92 Å². The molecule has 3 nitrogen and oxygen atoms in total. The molecule has 1 saturated heterocycles. The van der Waals surface area contributed by atoms with Crippen LogP contribution in [0.1, 0.15) is 39.2 Å². The Bertz CT molecular complexity index is 460. The van der Waals surface area contributed by atoms with Gasteiger partial charge in [-0.05, 0) is 17.5 Å². The highest BCUT2D eigenvalue weighted by molar-refractivity contribution is 5.78. The molecule has 0 atom stereocenters. The SMILES string of the molecule is CC(C)C(=O)N1CCN(c2ccccc2C(C)C)CC1. The maximum atomic E-state index is 12.0. The number of amides is 1. The fourth-order valence-corrected chi connectivity index (χ4v) is 2.80. The minimum atomic E-state index is 0.101. The summed E-state index contributed by atoms with van der Waals surface area (Å²) in [6.45, 7) is 12.0. The zero-order chi connectivity index (χ0) is 14.7. The van der Waals surface area contributed by atoms with Crippen molar-refractivity contribution in [2.75, 3.05) is 31.1 Å².